The molecule has 0 aromatic heterocycles. The van der Waals surface area contributed by atoms with Gasteiger partial charge < -0.3 is 20.5 Å². The molecule has 5 heteroatoms. The van der Waals surface area contributed by atoms with Crippen LogP contribution in [0.5, 0.6) is 0 Å². The van der Waals surface area contributed by atoms with Crippen molar-refractivity contribution in [2.24, 2.45) is 5.92 Å². The van der Waals surface area contributed by atoms with Crippen LogP contribution in [0.25, 0.3) is 0 Å². The molecule has 0 aliphatic rings. The summed E-state index contributed by atoms with van der Waals surface area (Å²) in [6, 6.07) is 0. The Morgan fingerprint density at radius 2 is 1.80 bits per heavy atom. The normalized spacial score (nSPS) is 13.3. The largest absolute Gasteiger partial charge is 0.444 e. The Morgan fingerprint density at radius 1 is 1.20 bits per heavy atom. The Balaban J connectivity index is 3.56. The second-order valence-electron chi connectivity index (χ2n) is 6.13. The zero-order valence-corrected chi connectivity index (χ0v) is 13.7. The molecular formula is C15H32N2O3. The van der Waals surface area contributed by atoms with Crippen molar-refractivity contribution in [1.29, 1.82) is 0 Å². The highest BCUT2D eigenvalue weighted by atomic mass is 16.6. The van der Waals surface area contributed by atoms with E-state index in [1.807, 2.05) is 20.8 Å². The van der Waals surface area contributed by atoms with Crippen molar-refractivity contribution in [3.63, 3.8) is 0 Å². The minimum atomic E-state index is -0.457. The number of hydrogen-bond donors (Lipinski definition) is 3. The summed E-state index contributed by atoms with van der Waals surface area (Å²) in [6.07, 6.45) is 2.15. The third kappa shape index (κ3) is 10.0. The van der Waals surface area contributed by atoms with Gasteiger partial charge in [-0.25, -0.2) is 4.79 Å². The van der Waals surface area contributed by atoms with E-state index in [9.17, 15) is 9.90 Å². The maximum Gasteiger partial charge on any atom is 0.407 e. The molecule has 1 atom stereocenters. The zero-order chi connectivity index (χ0) is 15.6. The standard InChI is InChI=1S/C15H32N2O3/c1-6-12(7-2)13(18)11-16-9-8-10-17-14(19)20-15(3,4)5/h12-13,16,18H,6-11H2,1-5H3,(H,17,19). The number of ether oxygens (including phenoxy) is 1. The summed E-state index contributed by atoms with van der Waals surface area (Å²) in [7, 11) is 0. The number of carbonyl (C=O) groups is 1. The van der Waals surface area contributed by atoms with Crippen molar-refractivity contribution >= 4 is 6.09 Å². The lowest BCUT2D eigenvalue weighted by molar-refractivity contribution is 0.0526. The number of rotatable bonds is 9. The van der Waals surface area contributed by atoms with E-state index in [-0.39, 0.29) is 12.2 Å². The van der Waals surface area contributed by atoms with E-state index in [1.165, 1.54) is 0 Å². The fraction of sp³-hybridized carbons (Fsp3) is 0.933. The first-order valence-electron chi connectivity index (χ1n) is 7.65. The van der Waals surface area contributed by atoms with Gasteiger partial charge in [0, 0.05) is 13.1 Å². The Bertz CT molecular complexity index is 260. The molecule has 0 aromatic carbocycles. The Morgan fingerprint density at radius 3 is 2.30 bits per heavy atom. The quantitative estimate of drug-likeness (QED) is 0.569. The van der Waals surface area contributed by atoms with Crippen molar-refractivity contribution in [1.82, 2.24) is 10.6 Å². The molecule has 3 N–H and O–H groups in total. The number of amides is 1. The van der Waals surface area contributed by atoms with Crippen LogP contribution < -0.4 is 10.6 Å². The summed E-state index contributed by atoms with van der Waals surface area (Å²) in [5.41, 5.74) is -0.457. The third-order valence-corrected chi connectivity index (χ3v) is 3.14. The van der Waals surface area contributed by atoms with Crippen LogP contribution in [0.15, 0.2) is 0 Å². The first-order chi connectivity index (χ1) is 9.30. The highest BCUT2D eigenvalue weighted by Crippen LogP contribution is 2.12. The fourth-order valence-electron chi connectivity index (χ4n) is 1.97. The summed E-state index contributed by atoms with van der Waals surface area (Å²) in [6.45, 7) is 11.7. The molecule has 1 amide bonds. The third-order valence-electron chi connectivity index (χ3n) is 3.14. The van der Waals surface area contributed by atoms with Gasteiger partial charge in [-0.15, -0.1) is 0 Å². The molecule has 0 rings (SSSR count). The average Bonchev–Trinajstić information content (AvgIpc) is 2.32. The van der Waals surface area contributed by atoms with Crippen molar-refractivity contribution in [3.8, 4) is 0 Å². The number of alkyl carbamates (subject to hydrolysis) is 1. The highest BCUT2D eigenvalue weighted by Gasteiger charge is 2.16. The monoisotopic (exact) mass is 288 g/mol. The van der Waals surface area contributed by atoms with Crippen LogP contribution in [0, 0.1) is 5.92 Å². The van der Waals surface area contributed by atoms with E-state index >= 15 is 0 Å². The van der Waals surface area contributed by atoms with E-state index < -0.39 is 5.60 Å². The highest BCUT2D eigenvalue weighted by molar-refractivity contribution is 5.67. The van der Waals surface area contributed by atoms with E-state index in [2.05, 4.69) is 24.5 Å². The van der Waals surface area contributed by atoms with E-state index in [4.69, 9.17) is 4.74 Å². The lowest BCUT2D eigenvalue weighted by Gasteiger charge is -2.21. The molecule has 0 fully saturated rings. The van der Waals surface area contributed by atoms with Crippen LogP contribution in [0.2, 0.25) is 0 Å². The van der Waals surface area contributed by atoms with Crippen molar-refractivity contribution < 1.29 is 14.6 Å². The molecule has 5 nitrogen and oxygen atoms in total. The van der Waals surface area contributed by atoms with E-state index in [0.29, 0.717) is 19.0 Å². The number of nitrogens with one attached hydrogen (secondary N) is 2. The van der Waals surface area contributed by atoms with E-state index in [0.717, 1.165) is 25.8 Å². The minimum Gasteiger partial charge on any atom is -0.444 e. The molecule has 0 aliphatic carbocycles. The minimum absolute atomic E-state index is 0.288. The van der Waals surface area contributed by atoms with Gasteiger partial charge in [0.1, 0.15) is 5.60 Å². The number of aliphatic hydroxyl groups is 1. The molecule has 0 heterocycles. The smallest absolute Gasteiger partial charge is 0.407 e. The zero-order valence-electron chi connectivity index (χ0n) is 13.7. The molecule has 1 unspecified atom stereocenters. The Kier molecular flexibility index (Phi) is 9.59. The van der Waals surface area contributed by atoms with Crippen LogP contribution in [0.4, 0.5) is 4.79 Å². The second kappa shape index (κ2) is 10.00. The van der Waals surface area contributed by atoms with Gasteiger partial charge in [0.05, 0.1) is 6.10 Å². The maximum atomic E-state index is 11.4. The van der Waals surface area contributed by atoms with Gasteiger partial charge in [0.25, 0.3) is 0 Å². The molecule has 0 saturated carbocycles. The van der Waals surface area contributed by atoms with Crippen LogP contribution in [0.3, 0.4) is 0 Å². The molecule has 0 aromatic rings. The molecule has 0 aliphatic heterocycles. The fourth-order valence-corrected chi connectivity index (χ4v) is 1.97. The summed E-state index contributed by atoms with van der Waals surface area (Å²) in [4.78, 5) is 11.4. The summed E-state index contributed by atoms with van der Waals surface area (Å²) < 4.78 is 5.13. The van der Waals surface area contributed by atoms with Crippen LogP contribution in [0.1, 0.15) is 53.9 Å². The number of aliphatic hydroxyl groups excluding tert-OH is 1. The summed E-state index contributed by atoms with van der Waals surface area (Å²) in [5, 5.41) is 15.9. The van der Waals surface area contributed by atoms with Crippen LogP contribution >= 0.6 is 0 Å². The molecular weight excluding hydrogens is 256 g/mol. The van der Waals surface area contributed by atoms with Gasteiger partial charge in [-0.1, -0.05) is 26.7 Å². The number of hydrogen-bond acceptors (Lipinski definition) is 4. The molecule has 20 heavy (non-hydrogen) atoms. The summed E-state index contributed by atoms with van der Waals surface area (Å²) in [5.74, 6) is 0.363. The predicted octanol–water partition coefficient (Wildman–Crippen LogP) is 2.29. The van der Waals surface area contributed by atoms with E-state index in [1.54, 1.807) is 0 Å². The van der Waals surface area contributed by atoms with Gasteiger partial charge in [0.2, 0.25) is 0 Å². The predicted molar refractivity (Wildman–Crippen MR) is 81.8 cm³/mol. The van der Waals surface area contributed by atoms with Gasteiger partial charge in [-0.3, -0.25) is 0 Å². The SMILES string of the molecule is CCC(CC)C(O)CNCCCNC(=O)OC(C)(C)C. The molecule has 0 radical (unpaired) electrons. The molecule has 120 valence electrons. The lowest BCUT2D eigenvalue weighted by atomic mass is 9.96. The average molecular weight is 288 g/mol. The molecule has 0 saturated heterocycles. The lowest BCUT2D eigenvalue weighted by Crippen LogP contribution is -2.36. The second-order valence-corrected chi connectivity index (χ2v) is 6.13. The molecule has 0 spiro atoms. The van der Waals surface area contributed by atoms with Gasteiger partial charge >= 0.3 is 6.09 Å². The van der Waals surface area contributed by atoms with Crippen molar-refractivity contribution in [2.45, 2.75) is 65.6 Å². The first kappa shape index (κ1) is 19.2. The first-order valence-corrected chi connectivity index (χ1v) is 7.65. The summed E-state index contributed by atoms with van der Waals surface area (Å²) >= 11 is 0. The van der Waals surface area contributed by atoms with Crippen LogP contribution in [-0.4, -0.2) is 42.5 Å². The van der Waals surface area contributed by atoms with Gasteiger partial charge in [-0.2, -0.15) is 0 Å². The number of carbonyl (C=O) groups excluding carboxylic acids is 1. The van der Waals surface area contributed by atoms with Crippen molar-refractivity contribution in [2.75, 3.05) is 19.6 Å². The van der Waals surface area contributed by atoms with Crippen LogP contribution in [-0.2, 0) is 4.74 Å². The van der Waals surface area contributed by atoms with Gasteiger partial charge in [0.15, 0.2) is 0 Å². The molecule has 0 bridgehead atoms. The topological polar surface area (TPSA) is 70.6 Å². The van der Waals surface area contributed by atoms with Gasteiger partial charge in [-0.05, 0) is 39.7 Å². The van der Waals surface area contributed by atoms with Crippen molar-refractivity contribution in [3.05, 3.63) is 0 Å². The Hall–Kier alpha value is -0.810. The Labute approximate surface area is 123 Å². The maximum absolute atomic E-state index is 11.4.